The number of sulfonamides is 1. The van der Waals surface area contributed by atoms with Crippen LogP contribution in [0.4, 0.5) is 15.8 Å². The lowest BCUT2D eigenvalue weighted by molar-refractivity contribution is 0.599. The largest absolute Gasteiger partial charge is 0.396 e. The van der Waals surface area contributed by atoms with Crippen LogP contribution in [0.2, 0.25) is 0 Å². The molecular formula is C13H9BrFN3O2S. The third-order valence-electron chi connectivity index (χ3n) is 2.63. The van der Waals surface area contributed by atoms with Crippen molar-refractivity contribution in [3.63, 3.8) is 0 Å². The Hall–Kier alpha value is -2.11. The van der Waals surface area contributed by atoms with Gasteiger partial charge in [0, 0.05) is 4.47 Å². The predicted molar refractivity (Wildman–Crippen MR) is 80.5 cm³/mol. The van der Waals surface area contributed by atoms with Crippen LogP contribution < -0.4 is 10.5 Å². The minimum Gasteiger partial charge on any atom is -0.396 e. The van der Waals surface area contributed by atoms with Gasteiger partial charge in [-0.15, -0.1) is 0 Å². The molecule has 0 radical (unpaired) electrons. The summed E-state index contributed by atoms with van der Waals surface area (Å²) in [6.07, 6.45) is 0. The number of nitrogens with one attached hydrogen (secondary N) is 1. The fourth-order valence-electron chi connectivity index (χ4n) is 1.62. The molecule has 0 spiro atoms. The van der Waals surface area contributed by atoms with Crippen LogP contribution in [-0.2, 0) is 10.0 Å². The van der Waals surface area contributed by atoms with Gasteiger partial charge in [0.2, 0.25) is 0 Å². The smallest absolute Gasteiger partial charge is 0.263 e. The molecule has 0 unspecified atom stereocenters. The van der Waals surface area contributed by atoms with E-state index in [0.717, 1.165) is 12.1 Å². The molecule has 5 nitrogen and oxygen atoms in total. The van der Waals surface area contributed by atoms with E-state index >= 15 is 0 Å². The molecule has 21 heavy (non-hydrogen) atoms. The molecule has 0 aliphatic carbocycles. The van der Waals surface area contributed by atoms with Crippen molar-refractivity contribution in [2.45, 2.75) is 4.90 Å². The second kappa shape index (κ2) is 5.71. The molecule has 0 atom stereocenters. The van der Waals surface area contributed by atoms with Crippen molar-refractivity contribution in [3.8, 4) is 6.07 Å². The van der Waals surface area contributed by atoms with Gasteiger partial charge in [-0.3, -0.25) is 4.72 Å². The molecule has 0 fully saturated rings. The van der Waals surface area contributed by atoms with Gasteiger partial charge in [0.1, 0.15) is 16.8 Å². The molecule has 3 N–H and O–H groups in total. The summed E-state index contributed by atoms with van der Waals surface area (Å²) in [5, 5.41) is 8.96. The molecule has 8 heteroatoms. The average Bonchev–Trinajstić information content (AvgIpc) is 2.43. The average molecular weight is 370 g/mol. The Balaban J connectivity index is 2.49. The Bertz CT molecular complexity index is 847. The van der Waals surface area contributed by atoms with E-state index in [1.165, 1.54) is 12.1 Å². The summed E-state index contributed by atoms with van der Waals surface area (Å²) in [5.41, 5.74) is 5.42. The van der Waals surface area contributed by atoms with Crippen LogP contribution in [-0.4, -0.2) is 8.42 Å². The number of halogens is 2. The molecule has 2 aromatic carbocycles. The first-order chi connectivity index (χ1) is 9.85. The van der Waals surface area contributed by atoms with Crippen LogP contribution in [0.25, 0.3) is 0 Å². The number of para-hydroxylation sites is 1. The lowest BCUT2D eigenvalue weighted by Crippen LogP contribution is -2.15. The maximum absolute atomic E-state index is 13.3. The van der Waals surface area contributed by atoms with E-state index in [1.54, 1.807) is 12.1 Å². The Labute approximate surface area is 129 Å². The summed E-state index contributed by atoms with van der Waals surface area (Å²) < 4.78 is 40.3. The summed E-state index contributed by atoms with van der Waals surface area (Å²) in [6, 6.07) is 10.0. The summed E-state index contributed by atoms with van der Waals surface area (Å²) >= 11 is 2.99. The quantitative estimate of drug-likeness (QED) is 0.812. The number of benzene rings is 2. The number of hydrogen-bond donors (Lipinski definition) is 2. The van der Waals surface area contributed by atoms with Gasteiger partial charge < -0.3 is 5.73 Å². The molecule has 108 valence electrons. The van der Waals surface area contributed by atoms with Crippen molar-refractivity contribution in [2.24, 2.45) is 0 Å². The second-order valence-electron chi connectivity index (χ2n) is 4.07. The second-order valence-corrected chi connectivity index (χ2v) is 6.57. The zero-order valence-electron chi connectivity index (χ0n) is 10.5. The maximum Gasteiger partial charge on any atom is 0.263 e. The van der Waals surface area contributed by atoms with Gasteiger partial charge in [0.25, 0.3) is 10.0 Å². The fraction of sp³-hybridized carbons (Fsp3) is 0. The van der Waals surface area contributed by atoms with E-state index in [1.807, 2.05) is 6.07 Å². The van der Waals surface area contributed by atoms with Gasteiger partial charge in [0.05, 0.1) is 16.9 Å². The summed E-state index contributed by atoms with van der Waals surface area (Å²) in [4.78, 5) is -0.214. The Morgan fingerprint density at radius 3 is 2.62 bits per heavy atom. The molecule has 2 aromatic rings. The fourth-order valence-corrected chi connectivity index (χ4v) is 3.75. The lowest BCUT2D eigenvalue weighted by Gasteiger charge is -2.11. The van der Waals surface area contributed by atoms with Gasteiger partial charge in [-0.1, -0.05) is 12.1 Å². The first kappa shape index (κ1) is 15.3. The third kappa shape index (κ3) is 3.15. The van der Waals surface area contributed by atoms with E-state index in [-0.39, 0.29) is 26.3 Å². The highest BCUT2D eigenvalue weighted by Gasteiger charge is 2.21. The number of anilines is 2. The molecular weight excluding hydrogens is 361 g/mol. The Morgan fingerprint density at radius 2 is 1.95 bits per heavy atom. The van der Waals surface area contributed by atoms with E-state index in [4.69, 9.17) is 11.0 Å². The number of nitrogen functional groups attached to an aromatic ring is 1. The number of rotatable bonds is 3. The molecule has 0 heterocycles. The van der Waals surface area contributed by atoms with E-state index in [9.17, 15) is 12.8 Å². The molecule has 0 saturated carbocycles. The summed E-state index contributed by atoms with van der Waals surface area (Å²) in [6.45, 7) is 0. The predicted octanol–water partition coefficient (Wildman–Crippen LogP) is 2.84. The third-order valence-corrected chi connectivity index (χ3v) is 4.96. The van der Waals surface area contributed by atoms with Crippen molar-refractivity contribution in [2.75, 3.05) is 10.5 Å². The van der Waals surface area contributed by atoms with Crippen molar-refractivity contribution in [1.29, 1.82) is 5.26 Å². The highest BCUT2D eigenvalue weighted by molar-refractivity contribution is 9.10. The highest BCUT2D eigenvalue weighted by atomic mass is 79.9. The van der Waals surface area contributed by atoms with Crippen molar-refractivity contribution in [3.05, 3.63) is 52.3 Å². The summed E-state index contributed by atoms with van der Waals surface area (Å²) in [7, 11) is -4.01. The molecule has 0 aliphatic heterocycles. The molecule has 0 bridgehead atoms. The SMILES string of the molecule is N#Cc1ccccc1NS(=O)(=O)c1cc(N)c(F)cc1Br. The maximum atomic E-state index is 13.3. The van der Waals surface area contributed by atoms with Gasteiger partial charge in [-0.25, -0.2) is 12.8 Å². The van der Waals surface area contributed by atoms with Crippen LogP contribution in [0.3, 0.4) is 0 Å². The molecule has 0 saturated heterocycles. The van der Waals surface area contributed by atoms with Gasteiger partial charge >= 0.3 is 0 Å². The number of nitriles is 1. The van der Waals surface area contributed by atoms with Crippen molar-refractivity contribution < 1.29 is 12.8 Å². The zero-order chi connectivity index (χ0) is 15.6. The number of hydrogen-bond acceptors (Lipinski definition) is 4. The van der Waals surface area contributed by atoms with Crippen LogP contribution in [0.1, 0.15) is 5.56 Å². The minimum absolute atomic E-state index is 0.0381. The van der Waals surface area contributed by atoms with Crippen LogP contribution >= 0.6 is 15.9 Å². The Morgan fingerprint density at radius 1 is 1.29 bits per heavy atom. The van der Waals surface area contributed by atoms with E-state index < -0.39 is 15.8 Å². The number of nitrogens with two attached hydrogens (primary N) is 1. The number of nitrogens with zero attached hydrogens (tertiary/aromatic N) is 1. The van der Waals surface area contributed by atoms with Gasteiger partial charge in [0.15, 0.2) is 0 Å². The minimum atomic E-state index is -4.01. The van der Waals surface area contributed by atoms with Crippen LogP contribution in [0, 0.1) is 17.1 Å². The zero-order valence-corrected chi connectivity index (χ0v) is 12.9. The van der Waals surface area contributed by atoms with Gasteiger partial charge in [-0.2, -0.15) is 5.26 Å². The standard InChI is InChI=1S/C13H9BrFN3O2S/c14-9-5-10(15)11(17)6-13(9)21(19,20)18-12-4-2-1-3-8(12)7-16/h1-6,18H,17H2. The van der Waals surface area contributed by atoms with Crippen LogP contribution in [0.5, 0.6) is 0 Å². The molecule has 0 amide bonds. The lowest BCUT2D eigenvalue weighted by atomic mass is 10.2. The van der Waals surface area contributed by atoms with Crippen LogP contribution in [0.15, 0.2) is 45.8 Å². The summed E-state index contributed by atoms with van der Waals surface area (Å²) in [5.74, 6) is -0.724. The topological polar surface area (TPSA) is 96.0 Å². The monoisotopic (exact) mass is 369 g/mol. The Kier molecular flexibility index (Phi) is 4.16. The van der Waals surface area contributed by atoms with E-state index in [0.29, 0.717) is 0 Å². The molecule has 2 rings (SSSR count). The first-order valence-corrected chi connectivity index (χ1v) is 7.89. The van der Waals surface area contributed by atoms with Gasteiger partial charge in [-0.05, 0) is 40.2 Å². The van der Waals surface area contributed by atoms with Crippen molar-refractivity contribution >= 4 is 37.3 Å². The van der Waals surface area contributed by atoms with E-state index in [2.05, 4.69) is 20.7 Å². The molecule has 0 aliphatic rings. The highest BCUT2D eigenvalue weighted by Crippen LogP contribution is 2.28. The van der Waals surface area contributed by atoms with Crippen molar-refractivity contribution in [1.82, 2.24) is 0 Å². The molecule has 0 aromatic heterocycles. The first-order valence-electron chi connectivity index (χ1n) is 5.61. The normalized spacial score (nSPS) is 10.9.